The summed E-state index contributed by atoms with van der Waals surface area (Å²) in [5, 5.41) is 5.17. The van der Waals surface area contributed by atoms with E-state index in [0.29, 0.717) is 5.69 Å². The van der Waals surface area contributed by atoms with Gasteiger partial charge in [-0.25, -0.2) is 0 Å². The van der Waals surface area contributed by atoms with Gasteiger partial charge in [-0.15, -0.1) is 12.4 Å². The van der Waals surface area contributed by atoms with E-state index in [1.54, 1.807) is 0 Å². The van der Waals surface area contributed by atoms with Gasteiger partial charge in [0.2, 0.25) is 11.8 Å². The number of nitrogens with one attached hydrogen (secondary N) is 2. The molecule has 2 rings (SSSR count). The van der Waals surface area contributed by atoms with Crippen molar-refractivity contribution in [3.05, 3.63) is 65.7 Å². The molecule has 0 saturated carbocycles. The third-order valence-corrected chi connectivity index (χ3v) is 3.64. The van der Waals surface area contributed by atoms with Gasteiger partial charge >= 0.3 is 0 Å². The van der Waals surface area contributed by atoms with Gasteiger partial charge in [-0.05, 0) is 42.5 Å². The van der Waals surface area contributed by atoms with Crippen molar-refractivity contribution >= 4 is 29.9 Å². The van der Waals surface area contributed by atoms with Crippen LogP contribution >= 0.6 is 12.4 Å². The molecule has 0 heterocycles. The number of nitrogens with two attached hydrogens (primary N) is 1. The summed E-state index contributed by atoms with van der Waals surface area (Å²) in [6.07, 6.45) is 3.14. The summed E-state index contributed by atoms with van der Waals surface area (Å²) >= 11 is 0. The quantitative estimate of drug-likeness (QED) is 0.674. The first-order chi connectivity index (χ1) is 11.7. The van der Waals surface area contributed by atoms with Crippen LogP contribution in [0.5, 0.6) is 0 Å². The van der Waals surface area contributed by atoms with Crippen LogP contribution < -0.4 is 16.4 Å². The summed E-state index contributed by atoms with van der Waals surface area (Å²) in [6, 6.07) is 18.2. The largest absolute Gasteiger partial charge is 0.346 e. The molecule has 2 amide bonds. The predicted molar refractivity (Wildman–Crippen MR) is 103 cm³/mol. The highest BCUT2D eigenvalue weighted by atomic mass is 35.5. The van der Waals surface area contributed by atoms with Gasteiger partial charge in [0.25, 0.3) is 0 Å². The van der Waals surface area contributed by atoms with E-state index in [9.17, 15) is 9.59 Å². The van der Waals surface area contributed by atoms with E-state index in [1.165, 1.54) is 11.1 Å². The number of carbonyl (C=O) groups is 2. The Kier molecular flexibility index (Phi) is 9.29. The van der Waals surface area contributed by atoms with E-state index < -0.39 is 0 Å². The first-order valence-corrected chi connectivity index (χ1v) is 8.07. The predicted octanol–water partition coefficient (Wildman–Crippen LogP) is 2.30. The second kappa shape index (κ2) is 11.2. The van der Waals surface area contributed by atoms with Gasteiger partial charge in [-0.1, -0.05) is 42.5 Å². The van der Waals surface area contributed by atoms with Crippen molar-refractivity contribution in [3.8, 4) is 0 Å². The maximum absolute atomic E-state index is 11.7. The molecule has 0 aromatic heterocycles. The summed E-state index contributed by atoms with van der Waals surface area (Å²) in [5.41, 5.74) is 8.46. The number of carbonyl (C=O) groups excluding carboxylic acids is 2. The summed E-state index contributed by atoms with van der Waals surface area (Å²) in [5.74, 6) is -0.618. The fraction of sp³-hybridized carbons (Fsp3) is 0.263. The molecule has 6 heteroatoms. The summed E-state index contributed by atoms with van der Waals surface area (Å²) in [6.45, 7) is -0.195. The molecule has 0 aliphatic heterocycles. The van der Waals surface area contributed by atoms with Crippen LogP contribution in [-0.4, -0.2) is 24.9 Å². The summed E-state index contributed by atoms with van der Waals surface area (Å²) < 4.78 is 0. The van der Waals surface area contributed by atoms with Gasteiger partial charge in [-0.2, -0.15) is 0 Å². The van der Waals surface area contributed by atoms with Gasteiger partial charge in [0.05, 0.1) is 13.1 Å². The van der Waals surface area contributed by atoms with E-state index in [0.717, 1.165) is 19.3 Å². The number of hydrogen-bond donors (Lipinski definition) is 3. The van der Waals surface area contributed by atoms with Crippen LogP contribution in [0, 0.1) is 0 Å². The van der Waals surface area contributed by atoms with Gasteiger partial charge < -0.3 is 16.4 Å². The molecule has 0 radical (unpaired) electrons. The first kappa shape index (κ1) is 20.7. The van der Waals surface area contributed by atoms with Crippen LogP contribution in [0.15, 0.2) is 54.6 Å². The molecule has 134 valence electrons. The molecule has 0 unspecified atom stereocenters. The zero-order valence-electron chi connectivity index (χ0n) is 14.0. The van der Waals surface area contributed by atoms with Crippen molar-refractivity contribution in [2.75, 3.05) is 18.4 Å². The van der Waals surface area contributed by atoms with E-state index in [4.69, 9.17) is 5.73 Å². The highest BCUT2D eigenvalue weighted by Crippen LogP contribution is 2.12. The van der Waals surface area contributed by atoms with Crippen LogP contribution in [0.4, 0.5) is 5.69 Å². The molecule has 5 nitrogen and oxygen atoms in total. The molecule has 0 atom stereocenters. The zero-order valence-corrected chi connectivity index (χ0v) is 14.9. The Hall–Kier alpha value is -2.37. The number of halogens is 1. The molecular formula is C19H24ClN3O2. The van der Waals surface area contributed by atoms with Gasteiger partial charge in [0.1, 0.15) is 0 Å². The Labute approximate surface area is 154 Å². The lowest BCUT2D eigenvalue weighted by atomic mass is 10.0. The summed E-state index contributed by atoms with van der Waals surface area (Å²) in [4.78, 5) is 22.7. The lowest BCUT2D eigenvalue weighted by Gasteiger charge is -2.07. The highest BCUT2D eigenvalue weighted by Gasteiger charge is 2.04. The minimum absolute atomic E-state index is 0. The molecule has 0 aliphatic rings. The second-order valence-corrected chi connectivity index (χ2v) is 5.57. The normalized spacial score (nSPS) is 9.80. The third kappa shape index (κ3) is 7.83. The highest BCUT2D eigenvalue weighted by molar-refractivity contribution is 5.94. The number of aryl methyl sites for hydroxylation is 2. The smallest absolute Gasteiger partial charge is 0.243 e. The molecule has 0 spiro atoms. The van der Waals surface area contributed by atoms with E-state index >= 15 is 0 Å². The van der Waals surface area contributed by atoms with Crippen LogP contribution in [0.2, 0.25) is 0 Å². The first-order valence-electron chi connectivity index (χ1n) is 8.07. The number of hydrogen-bond acceptors (Lipinski definition) is 3. The van der Waals surface area contributed by atoms with Gasteiger partial charge in [0.15, 0.2) is 0 Å². The Bertz CT molecular complexity index is 660. The minimum atomic E-state index is -0.348. The Balaban J connectivity index is 0.00000312. The Morgan fingerprint density at radius 3 is 2.04 bits per heavy atom. The molecule has 0 aliphatic carbocycles. The average Bonchev–Trinajstić information content (AvgIpc) is 2.62. The van der Waals surface area contributed by atoms with E-state index in [2.05, 4.69) is 34.9 Å². The zero-order chi connectivity index (χ0) is 17.2. The van der Waals surface area contributed by atoms with E-state index in [1.807, 2.05) is 30.3 Å². The van der Waals surface area contributed by atoms with Gasteiger partial charge in [0, 0.05) is 5.69 Å². The van der Waals surface area contributed by atoms with Crippen LogP contribution in [-0.2, 0) is 22.4 Å². The topological polar surface area (TPSA) is 84.2 Å². The van der Waals surface area contributed by atoms with Crippen molar-refractivity contribution in [2.45, 2.75) is 19.3 Å². The summed E-state index contributed by atoms with van der Waals surface area (Å²) in [7, 11) is 0. The van der Waals surface area contributed by atoms with Crippen LogP contribution in [0.1, 0.15) is 17.5 Å². The average molecular weight is 362 g/mol. The molecule has 0 fully saturated rings. The molecular weight excluding hydrogens is 338 g/mol. The van der Waals surface area contributed by atoms with Crippen molar-refractivity contribution in [3.63, 3.8) is 0 Å². The van der Waals surface area contributed by atoms with E-state index in [-0.39, 0.29) is 37.3 Å². The van der Waals surface area contributed by atoms with Crippen LogP contribution in [0.3, 0.4) is 0 Å². The number of anilines is 1. The Morgan fingerprint density at radius 2 is 1.44 bits per heavy atom. The molecule has 2 aromatic carbocycles. The van der Waals surface area contributed by atoms with Crippen molar-refractivity contribution in [2.24, 2.45) is 5.73 Å². The number of amides is 2. The minimum Gasteiger partial charge on any atom is -0.346 e. The Morgan fingerprint density at radius 1 is 0.840 bits per heavy atom. The fourth-order valence-corrected chi connectivity index (χ4v) is 2.35. The SMILES string of the molecule is Cl.NCC(=O)NCC(=O)Nc1ccc(CCCc2ccccc2)cc1. The monoisotopic (exact) mass is 361 g/mol. The second-order valence-electron chi connectivity index (χ2n) is 5.57. The molecule has 2 aromatic rings. The van der Waals surface area contributed by atoms with Crippen molar-refractivity contribution < 1.29 is 9.59 Å². The molecule has 0 bridgehead atoms. The van der Waals surface area contributed by atoms with Gasteiger partial charge in [-0.3, -0.25) is 9.59 Å². The van der Waals surface area contributed by atoms with Crippen molar-refractivity contribution in [1.29, 1.82) is 0 Å². The molecule has 0 saturated heterocycles. The van der Waals surface area contributed by atoms with Crippen LogP contribution in [0.25, 0.3) is 0 Å². The maximum Gasteiger partial charge on any atom is 0.243 e. The lowest BCUT2D eigenvalue weighted by molar-refractivity contribution is -0.123. The maximum atomic E-state index is 11.7. The van der Waals surface area contributed by atoms with Crippen molar-refractivity contribution in [1.82, 2.24) is 5.32 Å². The number of rotatable bonds is 8. The fourth-order valence-electron chi connectivity index (χ4n) is 2.35. The lowest BCUT2D eigenvalue weighted by Crippen LogP contribution is -2.36. The third-order valence-electron chi connectivity index (χ3n) is 3.64. The standard InChI is InChI=1S/C19H23N3O2.ClH/c20-13-18(23)21-14-19(24)22-17-11-9-16(10-12-17)8-4-7-15-5-2-1-3-6-15;/h1-3,5-6,9-12H,4,7-8,13-14,20H2,(H,21,23)(H,22,24);1H. The molecule has 4 N–H and O–H groups in total. The number of benzene rings is 2. The molecule has 25 heavy (non-hydrogen) atoms.